The van der Waals surface area contributed by atoms with E-state index in [0.717, 1.165) is 0 Å². The molecule has 4 nitrogen and oxygen atoms in total. The minimum Gasteiger partial charge on any atom is -0.468 e. The molecule has 0 amide bonds. The van der Waals surface area contributed by atoms with Crippen LogP contribution in [0.1, 0.15) is 20.8 Å². The van der Waals surface area contributed by atoms with Gasteiger partial charge in [-0.05, 0) is 20.8 Å². The van der Waals surface area contributed by atoms with Gasteiger partial charge in [0.05, 0.1) is 13.2 Å². The molecule has 0 bridgehead atoms. The van der Waals surface area contributed by atoms with Crippen molar-refractivity contribution in [2.24, 2.45) is 0 Å². The summed E-state index contributed by atoms with van der Waals surface area (Å²) in [6.45, 7) is 4.84. The molecule has 0 rings (SSSR count). The molecule has 0 spiro atoms. The predicted molar refractivity (Wildman–Crippen MR) is 44.8 cm³/mol. The molecule has 0 heterocycles. The van der Waals surface area contributed by atoms with Gasteiger partial charge >= 0.3 is 5.97 Å². The van der Waals surface area contributed by atoms with Crippen LogP contribution in [0.15, 0.2) is 0 Å². The van der Waals surface area contributed by atoms with Crippen LogP contribution >= 0.6 is 0 Å². The van der Waals surface area contributed by atoms with Gasteiger partial charge in [-0.1, -0.05) is 0 Å². The fourth-order valence-electron chi connectivity index (χ4n) is 0.737. The third kappa shape index (κ3) is 3.48. The highest BCUT2D eigenvalue weighted by Crippen LogP contribution is 1.90. The van der Waals surface area contributed by atoms with E-state index in [-0.39, 0.29) is 17.8 Å². The molecule has 0 aromatic rings. The maximum absolute atomic E-state index is 10.9. The summed E-state index contributed by atoms with van der Waals surface area (Å²) in [4.78, 5) is 21.6. The number of rotatable bonds is 4. The van der Waals surface area contributed by atoms with Crippen LogP contribution in [-0.4, -0.2) is 30.9 Å². The average molecular weight is 173 g/mol. The zero-order chi connectivity index (χ0) is 9.72. The van der Waals surface area contributed by atoms with Crippen molar-refractivity contribution in [1.82, 2.24) is 5.32 Å². The molecule has 0 aliphatic heterocycles. The normalized spacial score (nSPS) is 15.0. The zero-order valence-electron chi connectivity index (χ0n) is 7.88. The number of ether oxygens (including phenoxy) is 1. The van der Waals surface area contributed by atoms with Crippen LogP contribution < -0.4 is 5.32 Å². The van der Waals surface area contributed by atoms with E-state index in [4.69, 9.17) is 0 Å². The molecule has 0 saturated carbocycles. The van der Waals surface area contributed by atoms with Crippen molar-refractivity contribution in [1.29, 1.82) is 0 Å². The Labute approximate surface area is 72.3 Å². The fourth-order valence-corrected chi connectivity index (χ4v) is 0.737. The van der Waals surface area contributed by atoms with Gasteiger partial charge in [0.25, 0.3) is 0 Å². The summed E-state index contributed by atoms with van der Waals surface area (Å²) >= 11 is 0. The first-order valence-electron chi connectivity index (χ1n) is 3.83. The SMILES string of the molecule is COC(=O)C(C)NC(C)C(C)=O. The Bertz CT molecular complexity index is 179. The lowest BCUT2D eigenvalue weighted by Gasteiger charge is -2.15. The maximum atomic E-state index is 10.9. The number of ketones is 1. The Morgan fingerprint density at radius 2 is 1.75 bits per heavy atom. The summed E-state index contributed by atoms with van der Waals surface area (Å²) in [6, 6.07) is -0.743. The first-order valence-corrected chi connectivity index (χ1v) is 3.83. The molecule has 0 fully saturated rings. The van der Waals surface area contributed by atoms with Gasteiger partial charge < -0.3 is 4.74 Å². The van der Waals surface area contributed by atoms with Crippen molar-refractivity contribution in [3.63, 3.8) is 0 Å². The highest BCUT2D eigenvalue weighted by Gasteiger charge is 2.17. The monoisotopic (exact) mass is 173 g/mol. The van der Waals surface area contributed by atoms with Gasteiger partial charge in [-0.15, -0.1) is 0 Å². The molecule has 0 aliphatic carbocycles. The number of carbonyl (C=O) groups excluding carboxylic acids is 2. The summed E-state index contributed by atoms with van der Waals surface area (Å²) < 4.78 is 4.48. The topological polar surface area (TPSA) is 55.4 Å². The molecular weight excluding hydrogens is 158 g/mol. The molecule has 2 unspecified atom stereocenters. The van der Waals surface area contributed by atoms with E-state index in [1.54, 1.807) is 13.8 Å². The van der Waals surface area contributed by atoms with Gasteiger partial charge in [-0.2, -0.15) is 0 Å². The minimum atomic E-state index is -0.436. The summed E-state index contributed by atoms with van der Waals surface area (Å²) in [5.74, 6) is -0.353. The van der Waals surface area contributed by atoms with Crippen molar-refractivity contribution in [2.45, 2.75) is 32.9 Å². The summed E-state index contributed by atoms with van der Waals surface area (Å²) in [5, 5.41) is 2.81. The highest BCUT2D eigenvalue weighted by atomic mass is 16.5. The fraction of sp³-hybridized carbons (Fsp3) is 0.750. The molecular formula is C8H15NO3. The third-order valence-corrected chi connectivity index (χ3v) is 1.66. The molecule has 2 atom stereocenters. The minimum absolute atomic E-state index is 0.00533. The number of carbonyl (C=O) groups is 2. The second-order valence-electron chi connectivity index (χ2n) is 2.74. The quantitative estimate of drug-likeness (QED) is 0.613. The van der Waals surface area contributed by atoms with Crippen LogP contribution in [0.2, 0.25) is 0 Å². The largest absolute Gasteiger partial charge is 0.468 e. The Hall–Kier alpha value is -0.900. The smallest absolute Gasteiger partial charge is 0.322 e. The number of Topliss-reactive ketones (excluding diaryl/α,β-unsaturated/α-hetero) is 1. The molecule has 4 heteroatoms. The molecule has 1 N–H and O–H groups in total. The standard InChI is InChI=1S/C8H15NO3/c1-5(7(3)10)9-6(2)8(11)12-4/h5-6,9H,1-4H3. The molecule has 0 radical (unpaired) electrons. The third-order valence-electron chi connectivity index (χ3n) is 1.66. The van der Waals surface area contributed by atoms with Crippen LogP contribution in [0, 0.1) is 0 Å². The molecule has 0 aromatic heterocycles. The molecule has 0 saturated heterocycles. The van der Waals surface area contributed by atoms with Gasteiger partial charge in [-0.25, -0.2) is 0 Å². The Morgan fingerprint density at radius 3 is 2.08 bits per heavy atom. The van der Waals surface area contributed by atoms with E-state index < -0.39 is 6.04 Å². The van der Waals surface area contributed by atoms with Crippen molar-refractivity contribution < 1.29 is 14.3 Å². The van der Waals surface area contributed by atoms with E-state index >= 15 is 0 Å². The molecule has 0 aromatic carbocycles. The van der Waals surface area contributed by atoms with Crippen molar-refractivity contribution in [3.8, 4) is 0 Å². The van der Waals surface area contributed by atoms with Gasteiger partial charge in [0.15, 0.2) is 0 Å². The Kier molecular flexibility index (Phi) is 4.51. The second-order valence-corrected chi connectivity index (χ2v) is 2.74. The number of methoxy groups -OCH3 is 1. The molecule has 70 valence electrons. The lowest BCUT2D eigenvalue weighted by molar-refractivity contribution is -0.142. The van der Waals surface area contributed by atoms with Crippen molar-refractivity contribution in [3.05, 3.63) is 0 Å². The van der Waals surface area contributed by atoms with Crippen LogP contribution in [0.4, 0.5) is 0 Å². The Morgan fingerprint density at radius 1 is 1.25 bits per heavy atom. The average Bonchev–Trinajstić information content (AvgIpc) is 2.02. The zero-order valence-corrected chi connectivity index (χ0v) is 7.88. The van der Waals surface area contributed by atoms with Crippen molar-refractivity contribution >= 4 is 11.8 Å². The predicted octanol–water partition coefficient (Wildman–Crippen LogP) is 0.115. The lowest BCUT2D eigenvalue weighted by atomic mass is 10.2. The van der Waals surface area contributed by atoms with Gasteiger partial charge in [-0.3, -0.25) is 14.9 Å². The first-order chi connectivity index (χ1) is 5.49. The van der Waals surface area contributed by atoms with Gasteiger partial charge in [0.1, 0.15) is 11.8 Å². The number of hydrogen-bond acceptors (Lipinski definition) is 4. The Balaban J connectivity index is 3.91. The maximum Gasteiger partial charge on any atom is 0.322 e. The summed E-state index contributed by atoms with van der Waals surface area (Å²) in [5.41, 5.74) is 0. The van der Waals surface area contributed by atoms with E-state index in [0.29, 0.717) is 0 Å². The second kappa shape index (κ2) is 4.87. The first kappa shape index (κ1) is 11.1. The number of esters is 1. The van der Waals surface area contributed by atoms with E-state index in [1.165, 1.54) is 14.0 Å². The van der Waals surface area contributed by atoms with E-state index in [2.05, 4.69) is 10.1 Å². The molecule has 0 aliphatic rings. The van der Waals surface area contributed by atoms with Crippen LogP contribution in [0.25, 0.3) is 0 Å². The highest BCUT2D eigenvalue weighted by molar-refractivity contribution is 5.82. The number of hydrogen-bond donors (Lipinski definition) is 1. The van der Waals surface area contributed by atoms with Crippen LogP contribution in [0.3, 0.4) is 0 Å². The van der Waals surface area contributed by atoms with Gasteiger partial charge in [0.2, 0.25) is 0 Å². The van der Waals surface area contributed by atoms with E-state index in [9.17, 15) is 9.59 Å². The number of nitrogens with one attached hydrogen (secondary N) is 1. The lowest BCUT2D eigenvalue weighted by Crippen LogP contribution is -2.43. The van der Waals surface area contributed by atoms with Crippen LogP contribution in [-0.2, 0) is 14.3 Å². The van der Waals surface area contributed by atoms with Crippen molar-refractivity contribution in [2.75, 3.05) is 7.11 Å². The molecule has 12 heavy (non-hydrogen) atoms. The van der Waals surface area contributed by atoms with Gasteiger partial charge in [0, 0.05) is 0 Å². The van der Waals surface area contributed by atoms with E-state index in [1.807, 2.05) is 0 Å². The summed E-state index contributed by atoms with van der Waals surface area (Å²) in [6.07, 6.45) is 0. The van der Waals surface area contributed by atoms with Crippen LogP contribution in [0.5, 0.6) is 0 Å². The summed E-state index contributed by atoms with van der Waals surface area (Å²) in [7, 11) is 1.32.